The van der Waals surface area contributed by atoms with Gasteiger partial charge >= 0.3 is 0 Å². The third-order valence-electron chi connectivity index (χ3n) is 3.95. The Labute approximate surface area is 121 Å². The minimum atomic E-state index is 0.104. The first-order valence-electron chi connectivity index (χ1n) is 6.94. The van der Waals surface area contributed by atoms with Gasteiger partial charge in [0, 0.05) is 42.8 Å². The third kappa shape index (κ3) is 3.48. The average Bonchev–Trinajstić information content (AvgIpc) is 2.34. The predicted molar refractivity (Wildman–Crippen MR) is 81.5 cm³/mol. The zero-order valence-corrected chi connectivity index (χ0v) is 12.8. The highest BCUT2D eigenvalue weighted by atomic mass is 35.5. The summed E-state index contributed by atoms with van der Waals surface area (Å²) in [5, 5.41) is 0.776. The number of nitrogens with zero attached hydrogens (tertiary/aromatic N) is 2. The van der Waals surface area contributed by atoms with Crippen LogP contribution in [0.2, 0.25) is 5.02 Å². The van der Waals surface area contributed by atoms with E-state index >= 15 is 0 Å². The molecule has 4 heteroatoms. The standard InChI is InChI=1S/C15H24ClN3/c1-11-10-18(3)8-9-19(11)15(12(2)17)13-4-6-14(16)7-5-13/h4-7,11-12,15H,8-10,17H2,1-3H3. The predicted octanol–water partition coefficient (Wildman–Crippen LogP) is 2.36. The van der Waals surface area contributed by atoms with Crippen LogP contribution in [-0.2, 0) is 0 Å². The van der Waals surface area contributed by atoms with E-state index in [4.69, 9.17) is 17.3 Å². The molecule has 1 saturated heterocycles. The number of halogens is 1. The van der Waals surface area contributed by atoms with E-state index in [1.54, 1.807) is 0 Å². The van der Waals surface area contributed by atoms with Crippen LogP contribution < -0.4 is 5.73 Å². The fourth-order valence-corrected chi connectivity index (χ4v) is 3.15. The number of rotatable bonds is 3. The van der Waals surface area contributed by atoms with E-state index in [1.165, 1.54) is 5.56 Å². The van der Waals surface area contributed by atoms with Crippen molar-refractivity contribution in [1.82, 2.24) is 9.80 Å². The van der Waals surface area contributed by atoms with E-state index < -0.39 is 0 Å². The molecule has 1 heterocycles. The van der Waals surface area contributed by atoms with Gasteiger partial charge in [0.25, 0.3) is 0 Å². The summed E-state index contributed by atoms with van der Waals surface area (Å²) in [6, 6.07) is 8.99. The maximum atomic E-state index is 6.25. The molecule has 106 valence electrons. The fraction of sp³-hybridized carbons (Fsp3) is 0.600. The highest BCUT2D eigenvalue weighted by Crippen LogP contribution is 2.28. The average molecular weight is 282 g/mol. The molecule has 0 aromatic heterocycles. The lowest BCUT2D eigenvalue weighted by Gasteiger charge is -2.44. The van der Waals surface area contributed by atoms with Gasteiger partial charge in [0.2, 0.25) is 0 Å². The van der Waals surface area contributed by atoms with Gasteiger partial charge in [-0.15, -0.1) is 0 Å². The van der Waals surface area contributed by atoms with Crippen LogP contribution in [0.25, 0.3) is 0 Å². The molecule has 3 atom stereocenters. The van der Waals surface area contributed by atoms with Gasteiger partial charge in [-0.1, -0.05) is 23.7 Å². The minimum Gasteiger partial charge on any atom is -0.326 e. The van der Waals surface area contributed by atoms with Crippen molar-refractivity contribution in [2.45, 2.75) is 32.0 Å². The number of benzene rings is 1. The van der Waals surface area contributed by atoms with E-state index in [0.29, 0.717) is 6.04 Å². The van der Waals surface area contributed by atoms with Crippen LogP contribution >= 0.6 is 11.6 Å². The van der Waals surface area contributed by atoms with Crippen LogP contribution in [0, 0.1) is 0 Å². The molecule has 1 aromatic rings. The summed E-state index contributed by atoms with van der Waals surface area (Å²) in [6.07, 6.45) is 0. The molecule has 1 fully saturated rings. The van der Waals surface area contributed by atoms with E-state index in [2.05, 4.69) is 42.8 Å². The molecule has 0 radical (unpaired) electrons. The van der Waals surface area contributed by atoms with Crippen LogP contribution in [-0.4, -0.2) is 48.6 Å². The second kappa shape index (κ2) is 6.23. The molecule has 3 nitrogen and oxygen atoms in total. The third-order valence-corrected chi connectivity index (χ3v) is 4.20. The van der Waals surface area contributed by atoms with Crippen molar-refractivity contribution >= 4 is 11.6 Å². The zero-order chi connectivity index (χ0) is 14.0. The van der Waals surface area contributed by atoms with Crippen LogP contribution in [0.1, 0.15) is 25.5 Å². The molecule has 2 N–H and O–H groups in total. The Balaban J connectivity index is 2.22. The van der Waals surface area contributed by atoms with Gasteiger partial charge in [-0.25, -0.2) is 0 Å². The molecular formula is C15H24ClN3. The van der Waals surface area contributed by atoms with E-state index in [9.17, 15) is 0 Å². The molecule has 19 heavy (non-hydrogen) atoms. The van der Waals surface area contributed by atoms with Crippen LogP contribution in [0.3, 0.4) is 0 Å². The normalized spacial score (nSPS) is 25.2. The summed E-state index contributed by atoms with van der Waals surface area (Å²) in [7, 11) is 2.18. The first-order chi connectivity index (χ1) is 8.99. The first-order valence-corrected chi connectivity index (χ1v) is 7.32. The van der Waals surface area contributed by atoms with Gasteiger partial charge in [-0.05, 0) is 38.6 Å². The topological polar surface area (TPSA) is 32.5 Å². The highest BCUT2D eigenvalue weighted by molar-refractivity contribution is 6.30. The number of piperazine rings is 1. The smallest absolute Gasteiger partial charge is 0.0500 e. The summed E-state index contributed by atoms with van der Waals surface area (Å²) < 4.78 is 0. The first kappa shape index (κ1) is 14.8. The van der Waals surface area contributed by atoms with E-state index in [1.807, 2.05) is 12.1 Å². The summed E-state index contributed by atoms with van der Waals surface area (Å²) >= 11 is 5.98. The Bertz CT molecular complexity index is 404. The molecule has 3 unspecified atom stereocenters. The molecule has 0 aliphatic carbocycles. The SMILES string of the molecule is CC(N)C(c1ccc(Cl)cc1)N1CCN(C)CC1C. The lowest BCUT2D eigenvalue weighted by atomic mass is 9.96. The maximum absolute atomic E-state index is 6.25. The minimum absolute atomic E-state index is 0.104. The monoisotopic (exact) mass is 281 g/mol. The van der Waals surface area contributed by atoms with Gasteiger partial charge in [0.1, 0.15) is 0 Å². The van der Waals surface area contributed by atoms with Crippen molar-refractivity contribution in [3.63, 3.8) is 0 Å². The van der Waals surface area contributed by atoms with Crippen molar-refractivity contribution in [3.05, 3.63) is 34.9 Å². The summed E-state index contributed by atoms with van der Waals surface area (Å²) in [5.74, 6) is 0. The second-order valence-electron chi connectivity index (χ2n) is 5.70. The molecule has 2 rings (SSSR count). The number of hydrogen-bond acceptors (Lipinski definition) is 3. The van der Waals surface area contributed by atoms with Gasteiger partial charge in [-0.3, -0.25) is 4.90 Å². The van der Waals surface area contributed by atoms with Crippen molar-refractivity contribution in [3.8, 4) is 0 Å². The van der Waals surface area contributed by atoms with Crippen molar-refractivity contribution < 1.29 is 0 Å². The van der Waals surface area contributed by atoms with E-state index in [-0.39, 0.29) is 12.1 Å². The lowest BCUT2D eigenvalue weighted by Crippen LogP contribution is -2.54. The Morgan fingerprint density at radius 3 is 2.42 bits per heavy atom. The van der Waals surface area contributed by atoms with Crippen LogP contribution in [0.15, 0.2) is 24.3 Å². The van der Waals surface area contributed by atoms with Crippen molar-refractivity contribution in [2.75, 3.05) is 26.7 Å². The molecular weight excluding hydrogens is 258 g/mol. The van der Waals surface area contributed by atoms with Crippen molar-refractivity contribution in [1.29, 1.82) is 0 Å². The maximum Gasteiger partial charge on any atom is 0.0500 e. The number of nitrogens with two attached hydrogens (primary N) is 1. The molecule has 0 amide bonds. The summed E-state index contributed by atoms with van der Waals surface area (Å²) in [4.78, 5) is 4.90. The van der Waals surface area contributed by atoms with Crippen LogP contribution in [0.4, 0.5) is 0 Å². The Kier molecular flexibility index (Phi) is 4.85. The Morgan fingerprint density at radius 1 is 1.26 bits per heavy atom. The number of likely N-dealkylation sites (N-methyl/N-ethyl adjacent to an activating group) is 1. The molecule has 1 aliphatic heterocycles. The molecule has 1 aliphatic rings. The van der Waals surface area contributed by atoms with Gasteiger partial charge in [-0.2, -0.15) is 0 Å². The summed E-state index contributed by atoms with van der Waals surface area (Å²) in [5.41, 5.74) is 7.51. The Morgan fingerprint density at radius 2 is 1.89 bits per heavy atom. The largest absolute Gasteiger partial charge is 0.326 e. The second-order valence-corrected chi connectivity index (χ2v) is 6.14. The quantitative estimate of drug-likeness (QED) is 0.923. The van der Waals surface area contributed by atoms with Gasteiger partial charge in [0.15, 0.2) is 0 Å². The molecule has 0 spiro atoms. The zero-order valence-electron chi connectivity index (χ0n) is 12.0. The fourth-order valence-electron chi connectivity index (χ4n) is 3.02. The van der Waals surface area contributed by atoms with E-state index in [0.717, 1.165) is 24.7 Å². The molecule has 1 aromatic carbocycles. The molecule has 0 saturated carbocycles. The lowest BCUT2D eigenvalue weighted by molar-refractivity contribution is 0.0521. The van der Waals surface area contributed by atoms with Gasteiger partial charge < -0.3 is 10.6 Å². The Hall–Kier alpha value is -0.610. The number of hydrogen-bond donors (Lipinski definition) is 1. The van der Waals surface area contributed by atoms with Gasteiger partial charge in [0.05, 0.1) is 0 Å². The molecule has 0 bridgehead atoms. The highest BCUT2D eigenvalue weighted by Gasteiger charge is 2.31. The van der Waals surface area contributed by atoms with Crippen molar-refractivity contribution in [2.24, 2.45) is 5.73 Å². The summed E-state index contributed by atoms with van der Waals surface area (Å²) in [6.45, 7) is 7.62. The van der Waals surface area contributed by atoms with Crippen LogP contribution in [0.5, 0.6) is 0 Å².